The standard InChI is InChI=1S/C28H37N3O4/c1-5-22-28(30(15-19-9-10-19)16-20-11-12-35-18-20)24-8-6-7-23(31(24)29-22)27-25(33-3)13-21(17-32-2)14-26(27)34-4/h6-8,13-14,19-20H,5,9-12,15-18H2,1-4H3. The highest BCUT2D eigenvalue weighted by Crippen LogP contribution is 2.42. The van der Waals surface area contributed by atoms with Gasteiger partial charge in [0, 0.05) is 32.7 Å². The molecule has 0 amide bonds. The Hall–Kier alpha value is -2.77. The van der Waals surface area contributed by atoms with Crippen LogP contribution < -0.4 is 14.4 Å². The van der Waals surface area contributed by atoms with E-state index >= 15 is 0 Å². The van der Waals surface area contributed by atoms with Crippen molar-refractivity contribution in [3.63, 3.8) is 0 Å². The number of benzene rings is 1. The van der Waals surface area contributed by atoms with Crippen LogP contribution in [-0.4, -0.2) is 57.2 Å². The quantitative estimate of drug-likeness (QED) is 0.387. The molecule has 35 heavy (non-hydrogen) atoms. The van der Waals surface area contributed by atoms with Gasteiger partial charge >= 0.3 is 0 Å². The molecule has 0 spiro atoms. The summed E-state index contributed by atoms with van der Waals surface area (Å²) in [6.07, 6.45) is 4.66. The lowest BCUT2D eigenvalue weighted by Crippen LogP contribution is -2.32. The molecule has 3 heterocycles. The lowest BCUT2D eigenvalue weighted by molar-refractivity contribution is 0.184. The minimum atomic E-state index is 0.490. The summed E-state index contributed by atoms with van der Waals surface area (Å²) in [5.74, 6) is 2.85. The van der Waals surface area contributed by atoms with Gasteiger partial charge in [0.2, 0.25) is 0 Å². The Kier molecular flexibility index (Phi) is 7.16. The van der Waals surface area contributed by atoms with Crippen molar-refractivity contribution in [2.45, 2.75) is 39.2 Å². The number of hydrogen-bond acceptors (Lipinski definition) is 6. The number of aryl methyl sites for hydroxylation is 1. The van der Waals surface area contributed by atoms with Crippen LogP contribution in [0.25, 0.3) is 16.8 Å². The maximum atomic E-state index is 5.84. The number of anilines is 1. The van der Waals surface area contributed by atoms with E-state index in [0.29, 0.717) is 12.5 Å². The molecule has 1 atom stereocenters. The fourth-order valence-corrected chi connectivity index (χ4v) is 5.25. The number of hydrogen-bond donors (Lipinski definition) is 0. The van der Waals surface area contributed by atoms with Crippen LogP contribution >= 0.6 is 0 Å². The van der Waals surface area contributed by atoms with Crippen LogP contribution in [0.2, 0.25) is 0 Å². The van der Waals surface area contributed by atoms with Gasteiger partial charge in [-0.15, -0.1) is 0 Å². The van der Waals surface area contributed by atoms with E-state index in [4.69, 9.17) is 24.0 Å². The van der Waals surface area contributed by atoms with Gasteiger partial charge in [0.05, 0.1) is 55.6 Å². The van der Waals surface area contributed by atoms with Crippen molar-refractivity contribution in [2.75, 3.05) is 52.5 Å². The third-order valence-electron chi connectivity index (χ3n) is 7.16. The molecule has 7 heteroatoms. The van der Waals surface area contributed by atoms with E-state index in [1.165, 1.54) is 18.5 Å². The first-order valence-electron chi connectivity index (χ1n) is 12.7. The molecule has 1 saturated heterocycles. The summed E-state index contributed by atoms with van der Waals surface area (Å²) in [5.41, 5.74) is 6.38. The zero-order chi connectivity index (χ0) is 24.4. The summed E-state index contributed by atoms with van der Waals surface area (Å²) in [6, 6.07) is 10.4. The van der Waals surface area contributed by atoms with Crippen molar-refractivity contribution in [1.29, 1.82) is 0 Å². The normalized spacial score (nSPS) is 17.8. The number of nitrogens with zero attached hydrogens (tertiary/aromatic N) is 3. The van der Waals surface area contributed by atoms with E-state index in [-0.39, 0.29) is 0 Å². The number of fused-ring (bicyclic) bond motifs is 1. The lowest BCUT2D eigenvalue weighted by atomic mass is 10.0. The summed E-state index contributed by atoms with van der Waals surface area (Å²) >= 11 is 0. The van der Waals surface area contributed by atoms with Crippen LogP contribution in [0.15, 0.2) is 30.3 Å². The zero-order valence-corrected chi connectivity index (χ0v) is 21.4. The molecule has 2 fully saturated rings. The van der Waals surface area contributed by atoms with Crippen LogP contribution in [0.5, 0.6) is 11.5 Å². The minimum absolute atomic E-state index is 0.490. The van der Waals surface area contributed by atoms with Crippen molar-refractivity contribution in [1.82, 2.24) is 9.61 Å². The van der Waals surface area contributed by atoms with Gasteiger partial charge in [-0.05, 0) is 61.4 Å². The summed E-state index contributed by atoms with van der Waals surface area (Å²) in [4.78, 5) is 2.60. The molecule has 0 N–H and O–H groups in total. The molecular weight excluding hydrogens is 442 g/mol. The number of methoxy groups -OCH3 is 3. The Bertz CT molecular complexity index is 1140. The van der Waals surface area contributed by atoms with Crippen LogP contribution in [0, 0.1) is 11.8 Å². The van der Waals surface area contributed by atoms with E-state index in [1.54, 1.807) is 21.3 Å². The van der Waals surface area contributed by atoms with E-state index in [0.717, 1.165) is 84.6 Å². The third kappa shape index (κ3) is 4.84. The fraction of sp³-hybridized carbons (Fsp3) is 0.536. The molecule has 2 aromatic heterocycles. The molecular formula is C28H37N3O4. The highest BCUT2D eigenvalue weighted by Gasteiger charge is 2.30. The molecule has 1 unspecified atom stereocenters. The van der Waals surface area contributed by atoms with Crippen molar-refractivity contribution >= 4 is 11.2 Å². The van der Waals surface area contributed by atoms with Gasteiger partial charge in [0.25, 0.3) is 0 Å². The zero-order valence-electron chi connectivity index (χ0n) is 21.4. The number of ether oxygens (including phenoxy) is 4. The molecule has 1 saturated carbocycles. The topological polar surface area (TPSA) is 57.5 Å². The fourth-order valence-electron chi connectivity index (χ4n) is 5.25. The minimum Gasteiger partial charge on any atom is -0.496 e. The molecule has 3 aromatic rings. The summed E-state index contributed by atoms with van der Waals surface area (Å²) in [7, 11) is 5.08. The second-order valence-corrected chi connectivity index (χ2v) is 9.74. The van der Waals surface area contributed by atoms with Crippen LogP contribution in [0.1, 0.15) is 37.4 Å². The monoisotopic (exact) mass is 479 g/mol. The van der Waals surface area contributed by atoms with Gasteiger partial charge in [-0.2, -0.15) is 5.10 Å². The second-order valence-electron chi connectivity index (χ2n) is 9.74. The molecule has 1 aromatic carbocycles. The smallest absolute Gasteiger partial charge is 0.132 e. The maximum Gasteiger partial charge on any atom is 0.132 e. The predicted octanol–water partition coefficient (Wildman–Crippen LogP) is 4.98. The first-order chi connectivity index (χ1) is 17.2. The largest absolute Gasteiger partial charge is 0.496 e. The first-order valence-corrected chi connectivity index (χ1v) is 12.7. The Labute approximate surface area is 207 Å². The molecule has 1 aliphatic carbocycles. The third-order valence-corrected chi connectivity index (χ3v) is 7.16. The van der Waals surface area contributed by atoms with Crippen molar-refractivity contribution < 1.29 is 18.9 Å². The first kappa shape index (κ1) is 23.9. The Morgan fingerprint density at radius 1 is 1.03 bits per heavy atom. The van der Waals surface area contributed by atoms with Gasteiger partial charge in [-0.3, -0.25) is 0 Å². The second kappa shape index (κ2) is 10.5. The van der Waals surface area contributed by atoms with E-state index in [1.807, 2.05) is 12.1 Å². The number of aromatic nitrogens is 2. The number of pyridine rings is 1. The van der Waals surface area contributed by atoms with Gasteiger partial charge in [-0.1, -0.05) is 13.0 Å². The molecule has 0 bridgehead atoms. The van der Waals surface area contributed by atoms with Crippen molar-refractivity contribution in [3.05, 3.63) is 41.6 Å². The SMILES string of the molecule is CCc1nn2c(-c3c(OC)cc(COC)cc3OC)cccc2c1N(CC1CC1)CC1CCOC1. The van der Waals surface area contributed by atoms with E-state index in [9.17, 15) is 0 Å². The van der Waals surface area contributed by atoms with Crippen LogP contribution in [0.4, 0.5) is 5.69 Å². The highest BCUT2D eigenvalue weighted by atomic mass is 16.5. The summed E-state index contributed by atoms with van der Waals surface area (Å²) in [6.45, 7) is 6.53. The molecule has 5 rings (SSSR count). The maximum absolute atomic E-state index is 5.84. The Morgan fingerprint density at radius 3 is 2.37 bits per heavy atom. The average Bonchev–Trinajstić information content (AvgIpc) is 3.38. The average molecular weight is 480 g/mol. The molecule has 2 aliphatic rings. The van der Waals surface area contributed by atoms with Crippen molar-refractivity contribution in [3.8, 4) is 22.8 Å². The van der Waals surface area contributed by atoms with Gasteiger partial charge < -0.3 is 23.8 Å². The molecule has 1 aliphatic heterocycles. The molecule has 0 radical (unpaired) electrons. The predicted molar refractivity (Wildman–Crippen MR) is 138 cm³/mol. The van der Waals surface area contributed by atoms with Gasteiger partial charge in [0.15, 0.2) is 0 Å². The Morgan fingerprint density at radius 2 is 1.77 bits per heavy atom. The molecule has 7 nitrogen and oxygen atoms in total. The lowest BCUT2D eigenvalue weighted by Gasteiger charge is -2.27. The highest BCUT2D eigenvalue weighted by molar-refractivity contribution is 5.82. The van der Waals surface area contributed by atoms with Crippen molar-refractivity contribution in [2.24, 2.45) is 11.8 Å². The van der Waals surface area contributed by atoms with E-state index in [2.05, 4.69) is 34.5 Å². The molecule has 188 valence electrons. The summed E-state index contributed by atoms with van der Waals surface area (Å²) < 4.78 is 24.8. The van der Waals surface area contributed by atoms with Gasteiger partial charge in [0.1, 0.15) is 11.5 Å². The van der Waals surface area contributed by atoms with Gasteiger partial charge in [-0.25, -0.2) is 4.52 Å². The number of rotatable bonds is 11. The summed E-state index contributed by atoms with van der Waals surface area (Å²) in [5, 5.41) is 5.15. The van der Waals surface area contributed by atoms with Crippen LogP contribution in [0.3, 0.4) is 0 Å². The Balaban J connectivity index is 1.64. The van der Waals surface area contributed by atoms with E-state index < -0.39 is 0 Å². The van der Waals surface area contributed by atoms with Crippen LogP contribution in [-0.2, 0) is 22.5 Å².